The van der Waals surface area contributed by atoms with Crippen molar-refractivity contribution in [2.45, 2.75) is 39.5 Å². The van der Waals surface area contributed by atoms with E-state index < -0.39 is 0 Å². The Morgan fingerprint density at radius 2 is 1.94 bits per heavy atom. The number of hydrogen-bond donors (Lipinski definition) is 1. The van der Waals surface area contributed by atoms with Crippen LogP contribution in [0.1, 0.15) is 36.7 Å². The van der Waals surface area contributed by atoms with Gasteiger partial charge in [0.05, 0.1) is 11.7 Å². The number of methoxy groups -OCH3 is 1. The highest BCUT2D eigenvalue weighted by Crippen LogP contribution is 2.27. The summed E-state index contributed by atoms with van der Waals surface area (Å²) in [6, 6.07) is 11.8. The van der Waals surface area contributed by atoms with Crippen LogP contribution in [0.15, 0.2) is 42.5 Å². The highest BCUT2D eigenvalue weighted by atomic mass is 19.1. The van der Waals surface area contributed by atoms with Crippen molar-refractivity contribution in [2.24, 2.45) is 5.92 Å². The molecule has 0 aliphatic carbocycles. The number of amides is 2. The maximum atomic E-state index is 14.4. The van der Waals surface area contributed by atoms with Crippen molar-refractivity contribution in [1.82, 2.24) is 9.80 Å². The zero-order valence-electron chi connectivity index (χ0n) is 20.5. The highest BCUT2D eigenvalue weighted by Gasteiger charge is 2.28. The molecular weight excluding hydrogens is 437 g/mol. The smallest absolute Gasteiger partial charge is 0.257 e. The minimum Gasteiger partial charge on any atom is -0.491 e. The van der Waals surface area contributed by atoms with E-state index in [1.165, 1.54) is 13.0 Å². The number of carbonyl (C=O) groups excluding carboxylic acids is 2. The van der Waals surface area contributed by atoms with Crippen LogP contribution in [0.25, 0.3) is 0 Å². The molecule has 1 N–H and O–H groups in total. The van der Waals surface area contributed by atoms with Gasteiger partial charge in [-0.15, -0.1) is 0 Å². The fourth-order valence-corrected chi connectivity index (χ4v) is 4.20. The molecule has 0 radical (unpaired) electrons. The number of benzene rings is 2. The first-order valence-corrected chi connectivity index (χ1v) is 11.5. The molecule has 0 saturated heterocycles. The summed E-state index contributed by atoms with van der Waals surface area (Å²) in [6.45, 7) is 7.28. The lowest BCUT2D eigenvalue weighted by atomic mass is 10.0. The largest absolute Gasteiger partial charge is 0.491 e. The average Bonchev–Trinajstić information content (AvgIpc) is 2.80. The van der Waals surface area contributed by atoms with Crippen LogP contribution >= 0.6 is 0 Å². The number of carbonyl (C=O) groups is 2. The van der Waals surface area contributed by atoms with E-state index >= 15 is 0 Å². The number of halogens is 1. The maximum Gasteiger partial charge on any atom is 0.257 e. The molecule has 1 aliphatic rings. The van der Waals surface area contributed by atoms with Crippen molar-refractivity contribution in [2.75, 3.05) is 39.2 Å². The van der Waals surface area contributed by atoms with E-state index in [0.717, 1.165) is 0 Å². The van der Waals surface area contributed by atoms with E-state index in [-0.39, 0.29) is 35.7 Å². The summed E-state index contributed by atoms with van der Waals surface area (Å²) < 4.78 is 26.3. The molecule has 2 aromatic rings. The number of likely N-dealkylation sites (N-methyl/N-ethyl adjacent to an activating group) is 1. The topological polar surface area (TPSA) is 71.1 Å². The molecule has 0 spiro atoms. The number of ether oxygens (including phenoxy) is 2. The minimum atomic E-state index is -0.237. The van der Waals surface area contributed by atoms with Crippen LogP contribution in [0.5, 0.6) is 5.75 Å². The zero-order valence-corrected chi connectivity index (χ0v) is 20.5. The normalized spacial score (nSPS) is 22.2. The maximum absolute atomic E-state index is 14.4. The molecule has 1 heterocycles. The molecule has 0 aromatic heterocycles. The number of nitrogens with one attached hydrogen (secondary N) is 1. The van der Waals surface area contributed by atoms with Gasteiger partial charge in [0.25, 0.3) is 5.91 Å². The van der Waals surface area contributed by atoms with Gasteiger partial charge in [-0.2, -0.15) is 0 Å². The number of hydrogen-bond acceptors (Lipinski definition) is 5. The van der Waals surface area contributed by atoms with E-state index in [4.69, 9.17) is 9.47 Å². The summed E-state index contributed by atoms with van der Waals surface area (Å²) in [6.07, 6.45) is -0.216. The second-order valence-electron chi connectivity index (χ2n) is 9.01. The fraction of sp³-hybridized carbons (Fsp3) is 0.462. The van der Waals surface area contributed by atoms with Crippen LogP contribution in [-0.2, 0) is 16.1 Å². The Morgan fingerprint density at radius 3 is 2.62 bits per heavy atom. The van der Waals surface area contributed by atoms with Crippen LogP contribution in [0.2, 0.25) is 0 Å². The Balaban J connectivity index is 1.95. The van der Waals surface area contributed by atoms with Gasteiger partial charge >= 0.3 is 0 Å². The molecular formula is C26H34FN3O4. The highest BCUT2D eigenvalue weighted by molar-refractivity contribution is 5.99. The summed E-state index contributed by atoms with van der Waals surface area (Å²) in [5.41, 5.74) is 1.51. The van der Waals surface area contributed by atoms with E-state index in [1.54, 1.807) is 49.4 Å². The van der Waals surface area contributed by atoms with Crippen molar-refractivity contribution in [1.29, 1.82) is 0 Å². The molecule has 0 fully saturated rings. The van der Waals surface area contributed by atoms with Crippen LogP contribution in [0.3, 0.4) is 0 Å². The molecule has 2 aromatic carbocycles. The summed E-state index contributed by atoms with van der Waals surface area (Å²) >= 11 is 0. The van der Waals surface area contributed by atoms with Gasteiger partial charge in [0.2, 0.25) is 5.91 Å². The molecule has 184 valence electrons. The van der Waals surface area contributed by atoms with Gasteiger partial charge in [0.15, 0.2) is 0 Å². The number of nitrogens with zero attached hydrogens (tertiary/aromatic N) is 2. The van der Waals surface area contributed by atoms with Crippen LogP contribution in [0, 0.1) is 11.7 Å². The summed E-state index contributed by atoms with van der Waals surface area (Å²) in [7, 11) is 3.36. The van der Waals surface area contributed by atoms with Crippen molar-refractivity contribution in [3.05, 3.63) is 59.4 Å². The Labute approximate surface area is 200 Å². The van der Waals surface area contributed by atoms with E-state index in [0.29, 0.717) is 48.8 Å². The predicted molar refractivity (Wildman–Crippen MR) is 129 cm³/mol. The molecule has 0 unspecified atom stereocenters. The monoisotopic (exact) mass is 471 g/mol. The van der Waals surface area contributed by atoms with E-state index in [2.05, 4.69) is 17.1 Å². The van der Waals surface area contributed by atoms with Crippen LogP contribution < -0.4 is 10.1 Å². The average molecular weight is 472 g/mol. The van der Waals surface area contributed by atoms with E-state index in [1.807, 2.05) is 13.0 Å². The second-order valence-corrected chi connectivity index (χ2v) is 9.01. The van der Waals surface area contributed by atoms with Gasteiger partial charge in [-0.25, -0.2) is 4.39 Å². The van der Waals surface area contributed by atoms with E-state index in [9.17, 15) is 14.0 Å². The van der Waals surface area contributed by atoms with Gasteiger partial charge in [-0.3, -0.25) is 14.5 Å². The number of fused-ring (bicyclic) bond motifs is 1. The second kappa shape index (κ2) is 11.4. The Hall–Kier alpha value is -2.97. The molecule has 34 heavy (non-hydrogen) atoms. The Bertz CT molecular complexity index is 1020. The Morgan fingerprint density at radius 1 is 1.21 bits per heavy atom. The number of anilines is 1. The van der Waals surface area contributed by atoms with Crippen molar-refractivity contribution in [3.63, 3.8) is 0 Å². The third-order valence-corrected chi connectivity index (χ3v) is 6.23. The first-order valence-electron chi connectivity index (χ1n) is 11.5. The van der Waals surface area contributed by atoms with Crippen molar-refractivity contribution < 1.29 is 23.5 Å². The molecule has 3 rings (SSSR count). The standard InChI is InChI=1S/C26H34FN3O4/c1-17-13-30(14-20-8-6-7-9-23(20)27)18(2)16-34-24-11-10-21(28-19(3)31)12-22(24)26(32)29(4)15-25(17)33-5/h6-12,17-18,25H,13-16H2,1-5H3,(H,28,31)/t17-,18+,25-/m0/s1. The predicted octanol–water partition coefficient (Wildman–Crippen LogP) is 3.79. The molecule has 0 bridgehead atoms. The van der Waals surface area contributed by atoms with Crippen molar-refractivity contribution in [3.8, 4) is 5.75 Å². The first-order chi connectivity index (χ1) is 16.2. The summed E-state index contributed by atoms with van der Waals surface area (Å²) in [5.74, 6) is -0.169. The summed E-state index contributed by atoms with van der Waals surface area (Å²) in [5, 5.41) is 2.72. The van der Waals surface area contributed by atoms with Crippen LogP contribution in [-0.4, -0.2) is 67.6 Å². The Kier molecular flexibility index (Phi) is 8.63. The molecule has 7 nitrogen and oxygen atoms in total. The molecule has 8 heteroatoms. The molecule has 0 saturated carbocycles. The van der Waals surface area contributed by atoms with Gasteiger partial charge < -0.3 is 19.7 Å². The first kappa shape index (κ1) is 25.6. The van der Waals surface area contributed by atoms with Gasteiger partial charge in [0.1, 0.15) is 18.2 Å². The lowest BCUT2D eigenvalue weighted by Crippen LogP contribution is -2.46. The molecule has 2 amide bonds. The van der Waals surface area contributed by atoms with Gasteiger partial charge in [-0.1, -0.05) is 25.1 Å². The summed E-state index contributed by atoms with van der Waals surface area (Å²) in [4.78, 5) is 28.6. The quantitative estimate of drug-likeness (QED) is 0.735. The fourth-order valence-electron chi connectivity index (χ4n) is 4.20. The third-order valence-electron chi connectivity index (χ3n) is 6.23. The molecule has 3 atom stereocenters. The van der Waals surface area contributed by atoms with Gasteiger partial charge in [0, 0.05) is 58.0 Å². The number of rotatable bonds is 4. The lowest BCUT2D eigenvalue weighted by molar-refractivity contribution is -0.114. The SMILES string of the molecule is CO[C@H]1CN(C)C(=O)c2cc(NC(C)=O)ccc2OC[C@@H](C)N(Cc2ccccc2F)C[C@@H]1C. The lowest BCUT2D eigenvalue weighted by Gasteiger charge is -2.36. The van der Waals surface area contributed by atoms with Crippen molar-refractivity contribution >= 4 is 17.5 Å². The minimum absolute atomic E-state index is 0.0605. The van der Waals surface area contributed by atoms with Crippen LogP contribution in [0.4, 0.5) is 10.1 Å². The molecule has 1 aliphatic heterocycles. The van der Waals surface area contributed by atoms with Gasteiger partial charge in [-0.05, 0) is 37.1 Å². The third kappa shape index (κ3) is 6.33. The zero-order chi connectivity index (χ0) is 24.8.